The topological polar surface area (TPSA) is 66.5 Å². The molecule has 1 aromatic rings. The number of carbonyl (C=O) groups is 1. The van der Waals surface area contributed by atoms with Crippen LogP contribution >= 0.6 is 11.6 Å². The maximum Gasteiger partial charge on any atom is 0.416 e. The molecule has 0 aliphatic heterocycles. The standard InChI is InChI=1S/C17H22ClF3N2O3S/c1-23(14-5-3-4-6-15(14)27(2,25)26)10-16(24)22-13-9-11(17(19,20)21)7-8-12(13)18/h7-9,14-15H,3-6,10H2,1-2H3,(H,22,24)/t14-,15-/m1/s1. The minimum Gasteiger partial charge on any atom is -0.324 e. The van der Waals surface area contributed by atoms with Gasteiger partial charge in [0.15, 0.2) is 9.84 Å². The lowest BCUT2D eigenvalue weighted by molar-refractivity contribution is -0.137. The number of halogens is 4. The van der Waals surface area contributed by atoms with Crippen molar-refractivity contribution < 1.29 is 26.4 Å². The third-order valence-electron chi connectivity index (χ3n) is 4.74. The molecule has 27 heavy (non-hydrogen) atoms. The van der Waals surface area contributed by atoms with Gasteiger partial charge >= 0.3 is 6.18 Å². The van der Waals surface area contributed by atoms with Gasteiger partial charge in [-0.3, -0.25) is 9.69 Å². The van der Waals surface area contributed by atoms with E-state index in [-0.39, 0.29) is 23.3 Å². The lowest BCUT2D eigenvalue weighted by atomic mass is 9.94. The van der Waals surface area contributed by atoms with Gasteiger partial charge in [0.1, 0.15) is 0 Å². The van der Waals surface area contributed by atoms with Crippen molar-refractivity contribution in [1.82, 2.24) is 4.90 Å². The smallest absolute Gasteiger partial charge is 0.324 e. The van der Waals surface area contributed by atoms with Gasteiger partial charge < -0.3 is 5.32 Å². The van der Waals surface area contributed by atoms with Gasteiger partial charge in [0.05, 0.1) is 28.1 Å². The quantitative estimate of drug-likeness (QED) is 0.781. The number of likely N-dealkylation sites (N-methyl/N-ethyl adjacent to an activating group) is 1. The highest BCUT2D eigenvalue weighted by Crippen LogP contribution is 2.34. The predicted octanol–water partition coefficient (Wildman–Crippen LogP) is 3.58. The van der Waals surface area contributed by atoms with Gasteiger partial charge in [-0.05, 0) is 38.1 Å². The Morgan fingerprint density at radius 2 is 1.93 bits per heavy atom. The number of carbonyl (C=O) groups excluding carboxylic acids is 1. The fourth-order valence-electron chi connectivity index (χ4n) is 3.41. The molecule has 5 nitrogen and oxygen atoms in total. The van der Waals surface area contributed by atoms with Crippen molar-refractivity contribution >= 4 is 33.0 Å². The number of anilines is 1. The van der Waals surface area contributed by atoms with Crippen molar-refractivity contribution in [2.24, 2.45) is 0 Å². The second-order valence-corrected chi connectivity index (χ2v) is 9.55. The van der Waals surface area contributed by atoms with Crippen LogP contribution in [0.3, 0.4) is 0 Å². The number of benzene rings is 1. The van der Waals surface area contributed by atoms with Crippen molar-refractivity contribution in [2.75, 3.05) is 25.2 Å². The largest absolute Gasteiger partial charge is 0.416 e. The number of sulfone groups is 1. The zero-order valence-corrected chi connectivity index (χ0v) is 16.6. The first-order chi connectivity index (χ1) is 12.4. The van der Waals surface area contributed by atoms with Gasteiger partial charge in [-0.15, -0.1) is 0 Å². The van der Waals surface area contributed by atoms with E-state index in [0.717, 1.165) is 31.0 Å². The van der Waals surface area contributed by atoms with Gasteiger partial charge in [-0.25, -0.2) is 8.42 Å². The maximum atomic E-state index is 12.8. The average Bonchev–Trinajstić information content (AvgIpc) is 2.55. The van der Waals surface area contributed by atoms with Gasteiger partial charge in [-0.2, -0.15) is 13.2 Å². The first kappa shape index (κ1) is 22.0. The Balaban J connectivity index is 2.09. The van der Waals surface area contributed by atoms with Crippen molar-refractivity contribution in [3.8, 4) is 0 Å². The summed E-state index contributed by atoms with van der Waals surface area (Å²) in [7, 11) is -1.62. The maximum absolute atomic E-state index is 12.8. The molecule has 1 aromatic carbocycles. The van der Waals surface area contributed by atoms with Gasteiger partial charge in [0, 0.05) is 12.3 Å². The number of rotatable bonds is 5. The molecule has 0 heterocycles. The summed E-state index contributed by atoms with van der Waals surface area (Å²) >= 11 is 5.88. The van der Waals surface area contributed by atoms with Crippen molar-refractivity contribution in [3.63, 3.8) is 0 Å². The van der Waals surface area contributed by atoms with Crippen LogP contribution < -0.4 is 5.32 Å². The van der Waals surface area contributed by atoms with E-state index < -0.39 is 32.7 Å². The molecule has 1 aliphatic carbocycles. The minimum atomic E-state index is -4.55. The fourth-order valence-corrected chi connectivity index (χ4v) is 5.09. The molecule has 2 atom stereocenters. The highest BCUT2D eigenvalue weighted by atomic mass is 35.5. The molecular weight excluding hydrogens is 405 g/mol. The monoisotopic (exact) mass is 426 g/mol. The van der Waals surface area contributed by atoms with Crippen LogP contribution in [0.1, 0.15) is 31.2 Å². The molecule has 1 N–H and O–H groups in total. The first-order valence-electron chi connectivity index (χ1n) is 8.45. The summed E-state index contributed by atoms with van der Waals surface area (Å²) in [6, 6.07) is 2.38. The van der Waals surface area contributed by atoms with Gasteiger partial charge in [0.25, 0.3) is 0 Å². The number of alkyl halides is 3. The van der Waals surface area contributed by atoms with Crippen LogP contribution in [0.25, 0.3) is 0 Å². The van der Waals surface area contributed by atoms with E-state index in [2.05, 4.69) is 5.32 Å². The molecule has 0 spiro atoms. The highest BCUT2D eigenvalue weighted by molar-refractivity contribution is 7.91. The van der Waals surface area contributed by atoms with Gasteiger partial charge in [-0.1, -0.05) is 24.4 Å². The molecule has 10 heteroatoms. The SMILES string of the molecule is CN(CC(=O)Nc1cc(C(F)(F)F)ccc1Cl)[C@@H]1CCCC[C@H]1S(C)(=O)=O. The Labute approximate surface area is 161 Å². The van der Waals surface area contributed by atoms with Crippen LogP contribution in [0.4, 0.5) is 18.9 Å². The summed E-state index contributed by atoms with van der Waals surface area (Å²) in [5, 5.41) is 1.82. The summed E-state index contributed by atoms with van der Waals surface area (Å²) in [6.07, 6.45) is -0.505. The van der Waals surface area contributed by atoms with Crippen molar-refractivity contribution in [3.05, 3.63) is 28.8 Å². The van der Waals surface area contributed by atoms with E-state index in [0.29, 0.717) is 12.8 Å². The molecule has 1 aliphatic rings. The lowest BCUT2D eigenvalue weighted by Crippen LogP contribution is -2.49. The zero-order valence-electron chi connectivity index (χ0n) is 15.0. The molecule has 0 bridgehead atoms. The van der Waals surface area contributed by atoms with E-state index >= 15 is 0 Å². The lowest BCUT2D eigenvalue weighted by Gasteiger charge is -2.36. The van der Waals surface area contributed by atoms with Crippen LogP contribution in [0.2, 0.25) is 5.02 Å². The fraction of sp³-hybridized carbons (Fsp3) is 0.588. The Morgan fingerprint density at radius 3 is 2.52 bits per heavy atom. The predicted molar refractivity (Wildman–Crippen MR) is 98.6 cm³/mol. The van der Waals surface area contributed by atoms with E-state index in [9.17, 15) is 26.4 Å². The normalized spacial score (nSPS) is 21.3. The van der Waals surface area contributed by atoms with Gasteiger partial charge in [0.2, 0.25) is 5.91 Å². The first-order valence-corrected chi connectivity index (χ1v) is 10.8. The number of nitrogens with zero attached hydrogens (tertiary/aromatic N) is 1. The third-order valence-corrected chi connectivity index (χ3v) is 6.72. The molecule has 1 amide bonds. The van der Waals surface area contributed by atoms with Crippen LogP contribution in [0, 0.1) is 0 Å². The summed E-state index contributed by atoms with van der Waals surface area (Å²) in [4.78, 5) is 13.9. The Bertz CT molecular complexity index is 799. The third kappa shape index (κ3) is 5.83. The summed E-state index contributed by atoms with van der Waals surface area (Å²) in [5.41, 5.74) is -1.05. The van der Waals surface area contributed by atoms with Crippen LogP contribution in [-0.2, 0) is 20.8 Å². The summed E-state index contributed by atoms with van der Waals surface area (Å²) in [6.45, 7) is -0.150. The van der Waals surface area contributed by atoms with Crippen LogP contribution in [-0.4, -0.2) is 50.4 Å². The molecule has 0 saturated heterocycles. The van der Waals surface area contributed by atoms with E-state index in [4.69, 9.17) is 11.6 Å². The van der Waals surface area contributed by atoms with Crippen molar-refractivity contribution in [2.45, 2.75) is 43.2 Å². The molecule has 152 valence electrons. The zero-order chi connectivity index (χ0) is 20.4. The van der Waals surface area contributed by atoms with E-state index in [1.807, 2.05) is 0 Å². The number of hydrogen-bond donors (Lipinski definition) is 1. The van der Waals surface area contributed by atoms with Crippen molar-refractivity contribution in [1.29, 1.82) is 0 Å². The molecule has 0 aromatic heterocycles. The van der Waals surface area contributed by atoms with E-state index in [1.165, 1.54) is 6.26 Å². The Morgan fingerprint density at radius 1 is 1.30 bits per heavy atom. The molecule has 0 unspecified atom stereocenters. The molecule has 1 fully saturated rings. The second kappa shape index (κ2) is 8.36. The Kier molecular flexibility index (Phi) is 6.81. The molecule has 0 radical (unpaired) electrons. The average molecular weight is 427 g/mol. The minimum absolute atomic E-state index is 0.00863. The molecule has 2 rings (SSSR count). The summed E-state index contributed by atoms with van der Waals surface area (Å²) < 4.78 is 62.5. The number of hydrogen-bond acceptors (Lipinski definition) is 4. The molecular formula is C17H22ClF3N2O3S. The Hall–Kier alpha value is -1.32. The second-order valence-electron chi connectivity index (χ2n) is 6.88. The number of amides is 1. The molecule has 1 saturated carbocycles. The summed E-state index contributed by atoms with van der Waals surface area (Å²) in [5.74, 6) is -0.559. The van der Waals surface area contributed by atoms with Crippen LogP contribution in [0.5, 0.6) is 0 Å². The number of nitrogens with one attached hydrogen (secondary N) is 1. The van der Waals surface area contributed by atoms with Crippen LogP contribution in [0.15, 0.2) is 18.2 Å². The highest BCUT2D eigenvalue weighted by Gasteiger charge is 2.36. The van der Waals surface area contributed by atoms with E-state index in [1.54, 1.807) is 11.9 Å².